The molecule has 2 heterocycles. The van der Waals surface area contributed by atoms with Gasteiger partial charge in [-0.1, -0.05) is 18.2 Å². The predicted octanol–water partition coefficient (Wildman–Crippen LogP) is 4.30. The zero-order chi connectivity index (χ0) is 23.3. The quantitative estimate of drug-likeness (QED) is 0.420. The van der Waals surface area contributed by atoms with Crippen LogP contribution in [0.5, 0.6) is 0 Å². The Kier molecular flexibility index (Phi) is 7.15. The van der Waals surface area contributed by atoms with Crippen LogP contribution >= 0.6 is 0 Å². The molecule has 8 heteroatoms. The Morgan fingerprint density at radius 3 is 2.24 bits per heavy atom. The van der Waals surface area contributed by atoms with Gasteiger partial charge < -0.3 is 20.3 Å². The molecular formula is C25H30N5O2S+. The first-order valence-electron chi connectivity index (χ1n) is 11.0. The molecule has 172 valence electrons. The SMILES string of the molecule is C[SH+]C(C)(C)c1cc(N2CCOCC2)nc(-c2ccc(NC(=O)Nc3ccccc3)cc2)n1. The van der Waals surface area contributed by atoms with Crippen LogP contribution < -0.4 is 15.5 Å². The van der Waals surface area contributed by atoms with E-state index in [1.54, 1.807) is 0 Å². The first-order chi connectivity index (χ1) is 15.9. The van der Waals surface area contributed by atoms with E-state index in [1.165, 1.54) is 11.8 Å². The number of ether oxygens (including phenoxy) is 1. The zero-order valence-electron chi connectivity index (χ0n) is 19.2. The van der Waals surface area contributed by atoms with Crippen molar-refractivity contribution >= 4 is 35.0 Å². The number of morpholine rings is 1. The minimum absolute atomic E-state index is 0.0875. The molecule has 3 aromatic rings. The summed E-state index contributed by atoms with van der Waals surface area (Å²) in [6, 6.07) is 18.8. The number of nitrogens with one attached hydrogen (secondary N) is 2. The molecule has 1 aromatic heterocycles. The molecule has 2 N–H and O–H groups in total. The fourth-order valence-electron chi connectivity index (χ4n) is 3.46. The summed E-state index contributed by atoms with van der Waals surface area (Å²) in [6.07, 6.45) is 2.15. The molecule has 0 saturated carbocycles. The second kappa shape index (κ2) is 10.2. The third-order valence-corrected chi connectivity index (χ3v) is 7.01. The normalized spacial score (nSPS) is 14.1. The monoisotopic (exact) mass is 464 g/mol. The molecule has 7 nitrogen and oxygen atoms in total. The molecule has 1 saturated heterocycles. The number of para-hydroxylation sites is 1. The number of thiol groups is 1. The van der Waals surface area contributed by atoms with Crippen LogP contribution in [0, 0.1) is 0 Å². The van der Waals surface area contributed by atoms with Gasteiger partial charge in [-0.05, 0) is 62.0 Å². The van der Waals surface area contributed by atoms with E-state index in [2.05, 4.69) is 41.7 Å². The molecule has 0 unspecified atom stereocenters. The van der Waals surface area contributed by atoms with Gasteiger partial charge in [-0.15, -0.1) is 0 Å². The van der Waals surface area contributed by atoms with Gasteiger partial charge in [0, 0.05) is 36.1 Å². The average molecular weight is 465 g/mol. The number of amides is 2. The molecule has 0 atom stereocenters. The number of hydrogen-bond donors (Lipinski definition) is 2. The number of anilines is 3. The van der Waals surface area contributed by atoms with Crippen molar-refractivity contribution in [2.45, 2.75) is 18.6 Å². The smallest absolute Gasteiger partial charge is 0.323 e. The van der Waals surface area contributed by atoms with E-state index >= 15 is 0 Å². The van der Waals surface area contributed by atoms with Crippen LogP contribution in [0.2, 0.25) is 0 Å². The van der Waals surface area contributed by atoms with Crippen molar-refractivity contribution in [3.05, 3.63) is 66.4 Å². The second-order valence-corrected chi connectivity index (χ2v) is 9.90. The third-order valence-electron chi connectivity index (χ3n) is 5.67. The number of hydrogen-bond acceptors (Lipinski definition) is 5. The second-order valence-electron chi connectivity index (χ2n) is 8.34. The Balaban J connectivity index is 1.56. The summed E-state index contributed by atoms with van der Waals surface area (Å²) in [7, 11) is 0. The molecule has 1 aliphatic heterocycles. The molecule has 4 rings (SSSR count). The number of carbonyl (C=O) groups excluding carboxylic acids is 1. The first kappa shape index (κ1) is 23.1. The maximum atomic E-state index is 12.3. The van der Waals surface area contributed by atoms with E-state index in [-0.39, 0.29) is 10.8 Å². The van der Waals surface area contributed by atoms with Gasteiger partial charge in [-0.25, -0.2) is 14.8 Å². The van der Waals surface area contributed by atoms with Gasteiger partial charge in [0.2, 0.25) is 0 Å². The van der Waals surface area contributed by atoms with Crippen molar-refractivity contribution in [2.24, 2.45) is 0 Å². The number of rotatable bonds is 6. The standard InChI is InChI=1S/C25H29N5O2S/c1-25(2,33-3)21-17-22(30-13-15-32-16-14-30)29-23(28-21)18-9-11-20(12-10-18)27-24(31)26-19-7-5-4-6-8-19/h4-12,17H,13-16H2,1-3H3,(H2,26,27,31)/p+1. The maximum Gasteiger partial charge on any atom is 0.323 e. The fraction of sp³-hybridized carbons (Fsp3) is 0.320. The molecule has 0 aliphatic carbocycles. The number of urea groups is 1. The van der Waals surface area contributed by atoms with Gasteiger partial charge in [0.15, 0.2) is 10.6 Å². The molecule has 0 radical (unpaired) electrons. The molecular weight excluding hydrogens is 434 g/mol. The molecule has 2 amide bonds. The van der Waals surface area contributed by atoms with Crippen molar-refractivity contribution in [2.75, 3.05) is 48.1 Å². The van der Waals surface area contributed by atoms with E-state index in [4.69, 9.17) is 14.7 Å². The maximum absolute atomic E-state index is 12.3. The highest BCUT2D eigenvalue weighted by molar-refractivity contribution is 7.78. The highest BCUT2D eigenvalue weighted by atomic mass is 32.2. The van der Waals surface area contributed by atoms with Crippen LogP contribution in [0.25, 0.3) is 11.4 Å². The summed E-state index contributed by atoms with van der Waals surface area (Å²) in [4.78, 5) is 24.3. The summed E-state index contributed by atoms with van der Waals surface area (Å²) in [5, 5.41) is 5.68. The van der Waals surface area contributed by atoms with Gasteiger partial charge in [0.25, 0.3) is 0 Å². The van der Waals surface area contributed by atoms with Gasteiger partial charge >= 0.3 is 6.03 Å². The first-order valence-corrected chi connectivity index (χ1v) is 12.4. The van der Waals surface area contributed by atoms with Crippen LogP contribution in [0.3, 0.4) is 0 Å². The summed E-state index contributed by atoms with van der Waals surface area (Å²) in [5.41, 5.74) is 3.36. The lowest BCUT2D eigenvalue weighted by molar-refractivity contribution is 0.122. The zero-order valence-corrected chi connectivity index (χ0v) is 20.1. The highest BCUT2D eigenvalue weighted by Crippen LogP contribution is 2.29. The van der Waals surface area contributed by atoms with Crippen molar-refractivity contribution in [3.63, 3.8) is 0 Å². The Bertz CT molecular complexity index is 1080. The number of benzene rings is 2. The topological polar surface area (TPSA) is 79.4 Å². The largest absolute Gasteiger partial charge is 0.378 e. The summed E-state index contributed by atoms with van der Waals surface area (Å²) >= 11 is 1.24. The highest BCUT2D eigenvalue weighted by Gasteiger charge is 2.30. The van der Waals surface area contributed by atoms with E-state index in [1.807, 2.05) is 54.6 Å². The predicted molar refractivity (Wildman–Crippen MR) is 137 cm³/mol. The van der Waals surface area contributed by atoms with Crippen molar-refractivity contribution < 1.29 is 9.53 Å². The molecule has 2 aromatic carbocycles. The van der Waals surface area contributed by atoms with Crippen LogP contribution in [0.1, 0.15) is 19.5 Å². The lowest BCUT2D eigenvalue weighted by atomic mass is 10.1. The third kappa shape index (κ3) is 5.83. The minimum Gasteiger partial charge on any atom is -0.378 e. The van der Waals surface area contributed by atoms with Crippen molar-refractivity contribution in [3.8, 4) is 11.4 Å². The average Bonchev–Trinajstić information content (AvgIpc) is 2.85. The van der Waals surface area contributed by atoms with Gasteiger partial charge in [0.05, 0.1) is 19.5 Å². The summed E-state index contributed by atoms with van der Waals surface area (Å²) in [5.74, 6) is 1.62. The lowest BCUT2D eigenvalue weighted by Gasteiger charge is -2.29. The summed E-state index contributed by atoms with van der Waals surface area (Å²) < 4.78 is 5.42. The Labute approximate surface area is 199 Å². The van der Waals surface area contributed by atoms with Crippen molar-refractivity contribution in [1.29, 1.82) is 0 Å². The minimum atomic E-state index is -0.287. The fourth-order valence-corrected chi connectivity index (χ4v) is 3.81. The number of carbonyl (C=O) groups is 1. The molecule has 0 spiro atoms. The summed E-state index contributed by atoms with van der Waals surface area (Å²) in [6.45, 7) is 7.44. The van der Waals surface area contributed by atoms with Crippen LogP contribution in [0.15, 0.2) is 60.7 Å². The lowest BCUT2D eigenvalue weighted by Crippen LogP contribution is -2.37. The molecule has 1 fully saturated rings. The van der Waals surface area contributed by atoms with E-state index in [9.17, 15) is 4.79 Å². The molecule has 1 aliphatic rings. The van der Waals surface area contributed by atoms with Crippen LogP contribution in [-0.2, 0) is 21.2 Å². The Hall–Kier alpha value is -3.10. The van der Waals surface area contributed by atoms with Crippen LogP contribution in [0.4, 0.5) is 22.0 Å². The van der Waals surface area contributed by atoms with Gasteiger partial charge in [-0.2, -0.15) is 0 Å². The van der Waals surface area contributed by atoms with Crippen molar-refractivity contribution in [1.82, 2.24) is 9.97 Å². The van der Waals surface area contributed by atoms with Gasteiger partial charge in [0.1, 0.15) is 11.5 Å². The van der Waals surface area contributed by atoms with Crippen LogP contribution in [-0.4, -0.2) is 48.6 Å². The number of aromatic nitrogens is 2. The van der Waals surface area contributed by atoms with E-state index < -0.39 is 0 Å². The van der Waals surface area contributed by atoms with E-state index in [0.717, 1.165) is 35.9 Å². The van der Waals surface area contributed by atoms with Gasteiger partial charge in [-0.3, -0.25) is 0 Å². The molecule has 33 heavy (non-hydrogen) atoms. The number of nitrogens with zero attached hydrogens (tertiary/aromatic N) is 3. The Morgan fingerprint density at radius 2 is 1.61 bits per heavy atom. The molecule has 0 bridgehead atoms. The van der Waals surface area contributed by atoms with E-state index in [0.29, 0.717) is 24.7 Å². The Morgan fingerprint density at radius 1 is 0.970 bits per heavy atom.